The van der Waals surface area contributed by atoms with E-state index in [1.807, 2.05) is 30.3 Å². The molecule has 7 heteroatoms. The number of nitrogens with zero attached hydrogens (tertiary/aromatic N) is 2. The maximum Gasteiger partial charge on any atom is 0.243 e. The molecule has 5 nitrogen and oxygen atoms in total. The lowest BCUT2D eigenvalue weighted by molar-refractivity contribution is -0.138. The molecule has 1 N–H and O–H groups in total. The maximum absolute atomic E-state index is 13.2. The number of nitriles is 1. The van der Waals surface area contributed by atoms with E-state index in [0.717, 1.165) is 18.4 Å². The fourth-order valence-electron chi connectivity index (χ4n) is 4.88. The van der Waals surface area contributed by atoms with E-state index >= 15 is 0 Å². The number of rotatable bonds is 10. The van der Waals surface area contributed by atoms with Gasteiger partial charge in [-0.15, -0.1) is 0 Å². The fraction of sp³-hybridized carbons (Fsp3) is 0.464. The molecule has 0 aliphatic carbocycles. The predicted molar refractivity (Wildman–Crippen MR) is 135 cm³/mol. The zero-order valence-corrected chi connectivity index (χ0v) is 21.2. The number of likely N-dealkylation sites (tertiary alicyclic amines) is 1. The first-order chi connectivity index (χ1) is 16.8. The van der Waals surface area contributed by atoms with Crippen molar-refractivity contribution in [2.24, 2.45) is 5.92 Å². The van der Waals surface area contributed by atoms with Crippen LogP contribution in [-0.4, -0.2) is 29.3 Å². The standard InChI is InChI=1S/C28H33ClFN3O2/c1-20(2)28(19-31,22-9-4-3-5-10-22)15-7-6-12-26(34)33-16-8-11-25(33)27(35)32-18-21-13-14-23(30)17-24(21)29/h3-5,9-10,13-14,17,20,25H,6-8,11-12,15-16,18H2,1-2H3,(H,32,35)/t25-,28?/m1/s1. The quantitative estimate of drug-likeness (QED) is 0.424. The van der Waals surface area contributed by atoms with Gasteiger partial charge in [-0.05, 0) is 54.9 Å². The van der Waals surface area contributed by atoms with Crippen LogP contribution in [0.2, 0.25) is 5.02 Å². The second kappa shape index (κ2) is 12.2. The molecule has 0 bridgehead atoms. The summed E-state index contributed by atoms with van der Waals surface area (Å²) in [5, 5.41) is 13.1. The Morgan fingerprint density at radius 1 is 1.23 bits per heavy atom. The highest BCUT2D eigenvalue weighted by Crippen LogP contribution is 2.37. The second-order valence-corrected chi connectivity index (χ2v) is 9.92. The summed E-state index contributed by atoms with van der Waals surface area (Å²) >= 11 is 6.05. The molecular weight excluding hydrogens is 465 g/mol. The van der Waals surface area contributed by atoms with Crippen molar-refractivity contribution >= 4 is 23.4 Å². The summed E-state index contributed by atoms with van der Waals surface area (Å²) in [6.07, 6.45) is 3.84. The monoisotopic (exact) mass is 497 g/mol. The number of carbonyl (C=O) groups excluding carboxylic acids is 2. The van der Waals surface area contributed by atoms with Gasteiger partial charge in [0.15, 0.2) is 0 Å². The number of carbonyl (C=O) groups is 2. The van der Waals surface area contributed by atoms with Crippen molar-refractivity contribution < 1.29 is 14.0 Å². The molecule has 1 saturated heterocycles. The van der Waals surface area contributed by atoms with E-state index in [1.165, 1.54) is 12.1 Å². The molecule has 1 unspecified atom stereocenters. The van der Waals surface area contributed by atoms with Gasteiger partial charge in [0, 0.05) is 24.5 Å². The average Bonchev–Trinajstić information content (AvgIpc) is 3.34. The van der Waals surface area contributed by atoms with Crippen LogP contribution in [-0.2, 0) is 21.5 Å². The van der Waals surface area contributed by atoms with Crippen LogP contribution in [0, 0.1) is 23.1 Å². The van der Waals surface area contributed by atoms with E-state index in [1.54, 1.807) is 11.0 Å². The third-order valence-corrected chi connectivity index (χ3v) is 7.38. The third kappa shape index (κ3) is 6.41. The molecule has 0 spiro atoms. The summed E-state index contributed by atoms with van der Waals surface area (Å²) in [6, 6.07) is 16.0. The van der Waals surface area contributed by atoms with Crippen LogP contribution in [0.1, 0.15) is 63.5 Å². The highest BCUT2D eigenvalue weighted by molar-refractivity contribution is 6.31. The normalized spacial score (nSPS) is 17.1. The molecule has 0 saturated carbocycles. The number of unbranched alkanes of at least 4 members (excludes halogenated alkanes) is 1. The predicted octanol–water partition coefficient (Wildman–Crippen LogP) is 5.76. The molecule has 2 aromatic carbocycles. The summed E-state index contributed by atoms with van der Waals surface area (Å²) in [7, 11) is 0. The Hall–Kier alpha value is -2.91. The van der Waals surface area contributed by atoms with Gasteiger partial charge in [0.25, 0.3) is 0 Å². The van der Waals surface area contributed by atoms with Crippen molar-refractivity contribution in [1.82, 2.24) is 10.2 Å². The molecule has 0 radical (unpaired) electrons. The van der Waals surface area contributed by atoms with E-state index in [4.69, 9.17) is 11.6 Å². The van der Waals surface area contributed by atoms with Crippen LogP contribution in [0.4, 0.5) is 4.39 Å². The smallest absolute Gasteiger partial charge is 0.243 e. The first-order valence-electron chi connectivity index (χ1n) is 12.3. The molecule has 186 valence electrons. The number of benzene rings is 2. The van der Waals surface area contributed by atoms with Gasteiger partial charge in [-0.2, -0.15) is 5.26 Å². The number of amides is 2. The zero-order valence-electron chi connectivity index (χ0n) is 20.4. The van der Waals surface area contributed by atoms with E-state index in [0.29, 0.717) is 37.8 Å². The molecule has 1 fully saturated rings. The summed E-state index contributed by atoms with van der Waals surface area (Å²) in [4.78, 5) is 27.4. The van der Waals surface area contributed by atoms with Crippen LogP contribution in [0.3, 0.4) is 0 Å². The number of nitrogens with one attached hydrogen (secondary N) is 1. The fourth-order valence-corrected chi connectivity index (χ4v) is 5.11. The summed E-state index contributed by atoms with van der Waals surface area (Å²) in [6.45, 7) is 4.87. The maximum atomic E-state index is 13.2. The van der Waals surface area contributed by atoms with Gasteiger partial charge in [0.2, 0.25) is 11.8 Å². The van der Waals surface area contributed by atoms with E-state index in [2.05, 4.69) is 25.2 Å². The summed E-state index contributed by atoms with van der Waals surface area (Å²) < 4.78 is 13.2. The van der Waals surface area contributed by atoms with Gasteiger partial charge in [-0.25, -0.2) is 4.39 Å². The van der Waals surface area contributed by atoms with E-state index in [9.17, 15) is 19.2 Å². The minimum Gasteiger partial charge on any atom is -0.350 e. The molecular formula is C28H33ClFN3O2. The first-order valence-corrected chi connectivity index (χ1v) is 12.6. The van der Waals surface area contributed by atoms with E-state index in [-0.39, 0.29) is 29.3 Å². The third-order valence-electron chi connectivity index (χ3n) is 7.03. The van der Waals surface area contributed by atoms with Crippen molar-refractivity contribution in [3.05, 3.63) is 70.5 Å². The Labute approximate surface area is 212 Å². The largest absolute Gasteiger partial charge is 0.350 e. The van der Waals surface area contributed by atoms with Gasteiger partial charge in [0.1, 0.15) is 11.9 Å². The van der Waals surface area contributed by atoms with Crippen molar-refractivity contribution in [2.75, 3.05) is 6.54 Å². The minimum absolute atomic E-state index is 0.0331. The summed E-state index contributed by atoms with van der Waals surface area (Å²) in [5.74, 6) is -0.536. The second-order valence-electron chi connectivity index (χ2n) is 9.51. The van der Waals surface area contributed by atoms with Gasteiger partial charge >= 0.3 is 0 Å². The number of hydrogen-bond acceptors (Lipinski definition) is 3. The zero-order chi connectivity index (χ0) is 25.4. The molecule has 2 atom stereocenters. The topological polar surface area (TPSA) is 73.2 Å². The van der Waals surface area contributed by atoms with Crippen molar-refractivity contribution in [3.8, 4) is 6.07 Å². The van der Waals surface area contributed by atoms with Gasteiger partial charge in [-0.3, -0.25) is 9.59 Å². The van der Waals surface area contributed by atoms with Crippen molar-refractivity contribution in [2.45, 2.75) is 70.4 Å². The lowest BCUT2D eigenvalue weighted by atomic mass is 9.69. The lowest BCUT2D eigenvalue weighted by Crippen LogP contribution is -2.45. The lowest BCUT2D eigenvalue weighted by Gasteiger charge is -2.31. The molecule has 35 heavy (non-hydrogen) atoms. The molecule has 2 amide bonds. The van der Waals surface area contributed by atoms with Crippen LogP contribution in [0.25, 0.3) is 0 Å². The molecule has 2 aromatic rings. The Morgan fingerprint density at radius 2 is 1.97 bits per heavy atom. The molecule has 1 aliphatic heterocycles. The van der Waals surface area contributed by atoms with Crippen LogP contribution < -0.4 is 5.32 Å². The molecule has 3 rings (SSSR count). The van der Waals surface area contributed by atoms with Gasteiger partial charge in [0.05, 0.1) is 11.5 Å². The van der Waals surface area contributed by atoms with Crippen molar-refractivity contribution in [1.29, 1.82) is 5.26 Å². The molecule has 0 aromatic heterocycles. The van der Waals surface area contributed by atoms with Crippen molar-refractivity contribution in [3.63, 3.8) is 0 Å². The Kier molecular flexibility index (Phi) is 9.28. The SMILES string of the molecule is CC(C)C(C#N)(CCCCC(=O)N1CCC[C@@H]1C(=O)NCc1ccc(F)cc1Cl)c1ccccc1. The van der Waals surface area contributed by atoms with Gasteiger partial charge < -0.3 is 10.2 Å². The minimum atomic E-state index is -0.581. The number of hydrogen-bond donors (Lipinski definition) is 1. The highest BCUT2D eigenvalue weighted by Gasteiger charge is 2.36. The first kappa shape index (κ1) is 26.7. The Morgan fingerprint density at radius 3 is 2.63 bits per heavy atom. The Bertz CT molecular complexity index is 1070. The van der Waals surface area contributed by atoms with Crippen LogP contribution >= 0.6 is 11.6 Å². The highest BCUT2D eigenvalue weighted by atomic mass is 35.5. The summed E-state index contributed by atoms with van der Waals surface area (Å²) in [5.41, 5.74) is 1.06. The van der Waals surface area contributed by atoms with E-state index < -0.39 is 17.3 Å². The Balaban J connectivity index is 1.52. The number of halogens is 2. The van der Waals surface area contributed by atoms with Gasteiger partial charge in [-0.1, -0.05) is 68.3 Å². The molecule has 1 aliphatic rings. The van der Waals surface area contributed by atoms with Crippen LogP contribution in [0.5, 0.6) is 0 Å². The average molecular weight is 498 g/mol. The van der Waals surface area contributed by atoms with Crippen LogP contribution in [0.15, 0.2) is 48.5 Å². The molecule has 1 heterocycles.